The van der Waals surface area contributed by atoms with E-state index in [2.05, 4.69) is 17.0 Å². The summed E-state index contributed by atoms with van der Waals surface area (Å²) in [6.07, 6.45) is 4.74. The molecule has 0 aromatic carbocycles. The van der Waals surface area contributed by atoms with Crippen LogP contribution in [-0.2, 0) is 10.0 Å². The summed E-state index contributed by atoms with van der Waals surface area (Å²) < 4.78 is 26.0. The third-order valence-electron chi connectivity index (χ3n) is 2.85. The van der Waals surface area contributed by atoms with Crippen LogP contribution in [0.4, 0.5) is 0 Å². The quantitative estimate of drug-likeness (QED) is 0.604. The zero-order valence-corrected chi connectivity index (χ0v) is 11.2. The number of hydrogen-bond donors (Lipinski definition) is 2. The SMILES string of the molecule is CCCNCCCCS(=O)(=O)NC1(C)CC1. The Kier molecular flexibility index (Phi) is 5.21. The molecule has 0 aromatic rings. The molecule has 96 valence electrons. The smallest absolute Gasteiger partial charge is 0.212 e. The van der Waals surface area contributed by atoms with Gasteiger partial charge in [-0.1, -0.05) is 6.92 Å². The average Bonchev–Trinajstić information content (AvgIpc) is 2.88. The highest BCUT2D eigenvalue weighted by Gasteiger charge is 2.40. The summed E-state index contributed by atoms with van der Waals surface area (Å²) in [5, 5.41) is 3.27. The highest BCUT2D eigenvalue weighted by Crippen LogP contribution is 2.35. The standard InChI is InChI=1S/C11H24N2O2S/c1-3-8-12-9-4-5-10-16(14,15)13-11(2)6-7-11/h12-13H,3-10H2,1-2H3. The van der Waals surface area contributed by atoms with Gasteiger partial charge in [-0.25, -0.2) is 13.1 Å². The van der Waals surface area contributed by atoms with E-state index < -0.39 is 10.0 Å². The van der Waals surface area contributed by atoms with E-state index in [4.69, 9.17) is 0 Å². The molecule has 1 aliphatic rings. The molecule has 1 aliphatic carbocycles. The minimum atomic E-state index is -3.05. The van der Waals surface area contributed by atoms with E-state index >= 15 is 0 Å². The summed E-state index contributed by atoms with van der Waals surface area (Å²) in [5.41, 5.74) is -0.126. The Bertz CT molecular complexity index is 297. The van der Waals surface area contributed by atoms with E-state index in [9.17, 15) is 8.42 Å². The molecule has 0 spiro atoms. The molecule has 1 saturated carbocycles. The van der Waals surface area contributed by atoms with Crippen molar-refractivity contribution in [3.05, 3.63) is 0 Å². The number of hydrogen-bond acceptors (Lipinski definition) is 3. The number of sulfonamides is 1. The first-order valence-corrected chi connectivity index (χ1v) is 7.85. The molecule has 0 aromatic heterocycles. The molecule has 0 heterocycles. The van der Waals surface area contributed by atoms with Crippen LogP contribution in [0.25, 0.3) is 0 Å². The van der Waals surface area contributed by atoms with Crippen molar-refractivity contribution >= 4 is 10.0 Å². The second-order valence-corrected chi connectivity index (χ2v) is 6.78. The van der Waals surface area contributed by atoms with Crippen molar-refractivity contribution in [3.8, 4) is 0 Å². The van der Waals surface area contributed by atoms with Crippen molar-refractivity contribution in [1.29, 1.82) is 0 Å². The predicted molar refractivity (Wildman–Crippen MR) is 67.0 cm³/mol. The Morgan fingerprint density at radius 2 is 1.88 bits per heavy atom. The van der Waals surface area contributed by atoms with Crippen LogP contribution in [0.5, 0.6) is 0 Å². The summed E-state index contributed by atoms with van der Waals surface area (Å²) in [5.74, 6) is 0.260. The van der Waals surface area contributed by atoms with Gasteiger partial charge in [0.05, 0.1) is 5.75 Å². The molecule has 0 aliphatic heterocycles. The molecule has 1 fully saturated rings. The lowest BCUT2D eigenvalue weighted by Crippen LogP contribution is -2.36. The lowest BCUT2D eigenvalue weighted by molar-refractivity contribution is 0.552. The van der Waals surface area contributed by atoms with Crippen molar-refractivity contribution in [2.75, 3.05) is 18.8 Å². The summed E-state index contributed by atoms with van der Waals surface area (Å²) in [4.78, 5) is 0. The lowest BCUT2D eigenvalue weighted by Gasteiger charge is -2.11. The molecule has 1 rings (SSSR count). The van der Waals surface area contributed by atoms with Crippen LogP contribution in [-0.4, -0.2) is 32.8 Å². The van der Waals surface area contributed by atoms with E-state index in [0.29, 0.717) is 0 Å². The van der Waals surface area contributed by atoms with Crippen molar-refractivity contribution in [1.82, 2.24) is 10.0 Å². The molecule has 0 radical (unpaired) electrons. The Morgan fingerprint density at radius 1 is 1.19 bits per heavy atom. The highest BCUT2D eigenvalue weighted by molar-refractivity contribution is 7.89. The Hall–Kier alpha value is -0.130. The Morgan fingerprint density at radius 3 is 2.44 bits per heavy atom. The predicted octanol–water partition coefficient (Wildman–Crippen LogP) is 1.24. The first-order chi connectivity index (χ1) is 7.47. The van der Waals surface area contributed by atoms with Gasteiger partial charge in [0, 0.05) is 5.54 Å². The maximum absolute atomic E-state index is 11.6. The van der Waals surface area contributed by atoms with Gasteiger partial charge in [-0.3, -0.25) is 0 Å². The van der Waals surface area contributed by atoms with E-state index in [1.165, 1.54) is 0 Å². The zero-order valence-electron chi connectivity index (χ0n) is 10.4. The van der Waals surface area contributed by atoms with Gasteiger partial charge in [-0.05, 0) is 52.1 Å². The molecule has 0 atom stereocenters. The van der Waals surface area contributed by atoms with E-state index in [0.717, 1.165) is 45.2 Å². The van der Waals surface area contributed by atoms with Gasteiger partial charge in [0.1, 0.15) is 0 Å². The minimum Gasteiger partial charge on any atom is -0.317 e. The van der Waals surface area contributed by atoms with Gasteiger partial charge >= 0.3 is 0 Å². The van der Waals surface area contributed by atoms with Gasteiger partial charge in [-0.15, -0.1) is 0 Å². The monoisotopic (exact) mass is 248 g/mol. The van der Waals surface area contributed by atoms with Crippen LogP contribution in [0, 0.1) is 0 Å². The third-order valence-corrected chi connectivity index (χ3v) is 4.48. The van der Waals surface area contributed by atoms with E-state index in [-0.39, 0.29) is 11.3 Å². The van der Waals surface area contributed by atoms with Gasteiger partial charge in [0.25, 0.3) is 0 Å². The summed E-state index contributed by atoms with van der Waals surface area (Å²) in [6.45, 7) is 6.02. The first-order valence-electron chi connectivity index (χ1n) is 6.20. The van der Waals surface area contributed by atoms with Crippen LogP contribution >= 0.6 is 0 Å². The van der Waals surface area contributed by atoms with Crippen molar-refractivity contribution in [2.24, 2.45) is 0 Å². The van der Waals surface area contributed by atoms with Gasteiger partial charge in [0.2, 0.25) is 10.0 Å². The fraction of sp³-hybridized carbons (Fsp3) is 1.00. The molecule has 16 heavy (non-hydrogen) atoms. The molecule has 4 nitrogen and oxygen atoms in total. The van der Waals surface area contributed by atoms with Crippen LogP contribution in [0.15, 0.2) is 0 Å². The average molecular weight is 248 g/mol. The molecule has 5 heteroatoms. The van der Waals surface area contributed by atoms with E-state index in [1.54, 1.807) is 0 Å². The number of unbranched alkanes of at least 4 members (excludes halogenated alkanes) is 1. The fourth-order valence-electron chi connectivity index (χ4n) is 1.56. The maximum atomic E-state index is 11.6. The van der Waals surface area contributed by atoms with Crippen molar-refractivity contribution < 1.29 is 8.42 Å². The molecule has 0 bridgehead atoms. The number of nitrogens with one attached hydrogen (secondary N) is 2. The Labute approximate surface area is 99.2 Å². The van der Waals surface area contributed by atoms with Crippen LogP contribution in [0.3, 0.4) is 0 Å². The summed E-state index contributed by atoms with van der Waals surface area (Å²) >= 11 is 0. The highest BCUT2D eigenvalue weighted by atomic mass is 32.2. The molecule has 0 amide bonds. The van der Waals surface area contributed by atoms with Gasteiger partial charge in [-0.2, -0.15) is 0 Å². The maximum Gasteiger partial charge on any atom is 0.212 e. The molecule has 2 N–H and O–H groups in total. The molecule has 0 unspecified atom stereocenters. The summed E-state index contributed by atoms with van der Waals surface area (Å²) in [6, 6.07) is 0. The van der Waals surface area contributed by atoms with Gasteiger partial charge in [0.15, 0.2) is 0 Å². The minimum absolute atomic E-state index is 0.126. The largest absolute Gasteiger partial charge is 0.317 e. The van der Waals surface area contributed by atoms with Crippen LogP contribution < -0.4 is 10.0 Å². The third kappa shape index (κ3) is 5.82. The van der Waals surface area contributed by atoms with E-state index in [1.807, 2.05) is 6.92 Å². The van der Waals surface area contributed by atoms with Crippen LogP contribution in [0.1, 0.15) is 46.0 Å². The van der Waals surface area contributed by atoms with Crippen molar-refractivity contribution in [2.45, 2.75) is 51.5 Å². The summed E-state index contributed by atoms with van der Waals surface area (Å²) in [7, 11) is -3.05. The zero-order chi connectivity index (χ0) is 12.1. The molecule has 0 saturated heterocycles. The fourth-order valence-corrected chi connectivity index (χ4v) is 3.20. The molecular weight excluding hydrogens is 224 g/mol. The van der Waals surface area contributed by atoms with Gasteiger partial charge < -0.3 is 5.32 Å². The molecular formula is C11H24N2O2S. The topological polar surface area (TPSA) is 58.2 Å². The second-order valence-electron chi connectivity index (χ2n) is 4.94. The Balaban J connectivity index is 2.07. The second kappa shape index (κ2) is 5.98. The lowest BCUT2D eigenvalue weighted by atomic mass is 10.3. The number of rotatable bonds is 9. The van der Waals surface area contributed by atoms with Crippen LogP contribution in [0.2, 0.25) is 0 Å². The first kappa shape index (κ1) is 13.9. The normalized spacial score (nSPS) is 18.6. The van der Waals surface area contributed by atoms with Crippen molar-refractivity contribution in [3.63, 3.8) is 0 Å².